The number of likely N-dealkylation sites (tertiary alicyclic amines) is 1. The van der Waals surface area contributed by atoms with E-state index in [0.717, 1.165) is 19.3 Å². The number of rotatable bonds is 7. The van der Waals surface area contributed by atoms with E-state index in [1.165, 1.54) is 6.08 Å². The second kappa shape index (κ2) is 9.09. The molecule has 1 fully saturated rings. The van der Waals surface area contributed by atoms with Crippen LogP contribution in [0, 0.1) is 0 Å². The summed E-state index contributed by atoms with van der Waals surface area (Å²) in [5, 5.41) is 0.339. The molecule has 1 heterocycles. The lowest BCUT2D eigenvalue weighted by molar-refractivity contribution is -0.120. The van der Waals surface area contributed by atoms with Crippen molar-refractivity contribution in [3.63, 3.8) is 0 Å². The second-order valence-corrected chi connectivity index (χ2v) is 4.86. The third kappa shape index (κ3) is 5.74. The molecule has 0 saturated carbocycles. The van der Waals surface area contributed by atoms with E-state index >= 15 is 0 Å². The number of piperidine rings is 1. The van der Waals surface area contributed by atoms with E-state index < -0.39 is 0 Å². The largest absolute Gasteiger partial charge is 0.445 e. The van der Waals surface area contributed by atoms with Crippen LogP contribution in [0.15, 0.2) is 12.7 Å². The summed E-state index contributed by atoms with van der Waals surface area (Å²) < 4.78 is 10.7. The summed E-state index contributed by atoms with van der Waals surface area (Å²) >= 11 is 3.11. The minimum Gasteiger partial charge on any atom is -0.445 e. The lowest BCUT2D eigenvalue weighted by atomic mass is 10.1. The number of hydrogen-bond donors (Lipinski definition) is 0. The van der Waals surface area contributed by atoms with Gasteiger partial charge in [-0.2, -0.15) is 0 Å². The van der Waals surface area contributed by atoms with Crippen molar-refractivity contribution < 1.29 is 19.1 Å². The number of alkyl halides is 1. The summed E-state index contributed by atoms with van der Waals surface area (Å²) in [5.74, 6) is 0.0941. The van der Waals surface area contributed by atoms with E-state index in [2.05, 4.69) is 22.5 Å². The van der Waals surface area contributed by atoms with Crippen LogP contribution >= 0.6 is 15.9 Å². The Balaban J connectivity index is 2.41. The molecule has 0 radical (unpaired) electrons. The van der Waals surface area contributed by atoms with Gasteiger partial charge in [-0.05, 0) is 19.3 Å². The van der Waals surface area contributed by atoms with Crippen molar-refractivity contribution in [2.45, 2.75) is 31.9 Å². The van der Waals surface area contributed by atoms with Crippen LogP contribution in [0.5, 0.6) is 0 Å². The van der Waals surface area contributed by atoms with E-state index in [1.807, 2.05) is 0 Å². The number of Topliss-reactive ketones (excluding diaryl/α,β-unsaturated/α-hetero) is 1. The highest BCUT2D eigenvalue weighted by molar-refractivity contribution is 9.09. The molecular formula is C13H20BrNO4. The van der Waals surface area contributed by atoms with Crippen LogP contribution in [-0.4, -0.2) is 48.1 Å². The molecule has 1 aliphatic rings. The number of ketones is 1. The predicted molar refractivity (Wildman–Crippen MR) is 75.3 cm³/mol. The van der Waals surface area contributed by atoms with Crippen LogP contribution in [0.2, 0.25) is 0 Å². The molecule has 1 unspecified atom stereocenters. The SMILES string of the molecule is C=CCOC(=O)N1CCCCC1OCCC(=O)CBr. The highest BCUT2D eigenvalue weighted by Gasteiger charge is 2.28. The number of ether oxygens (including phenoxy) is 2. The maximum atomic E-state index is 11.8. The lowest BCUT2D eigenvalue weighted by Gasteiger charge is -2.34. The topological polar surface area (TPSA) is 55.8 Å². The third-order valence-electron chi connectivity index (χ3n) is 2.85. The Kier molecular flexibility index (Phi) is 7.74. The first-order valence-corrected chi connectivity index (χ1v) is 7.54. The van der Waals surface area contributed by atoms with Gasteiger partial charge in [0.15, 0.2) is 0 Å². The summed E-state index contributed by atoms with van der Waals surface area (Å²) in [7, 11) is 0. The van der Waals surface area contributed by atoms with Gasteiger partial charge in [0.25, 0.3) is 0 Å². The van der Waals surface area contributed by atoms with Crippen LogP contribution < -0.4 is 0 Å². The molecule has 0 aliphatic carbocycles. The standard InChI is InChI=1S/C13H20BrNO4/c1-2-8-19-13(17)15-7-4-3-5-12(15)18-9-6-11(16)10-14/h2,12H,1,3-10H2. The Hall–Kier alpha value is -0.880. The Morgan fingerprint density at radius 3 is 2.89 bits per heavy atom. The molecule has 1 rings (SSSR count). The number of carbonyl (C=O) groups is 2. The first-order valence-electron chi connectivity index (χ1n) is 6.42. The van der Waals surface area contributed by atoms with Crippen LogP contribution in [0.3, 0.4) is 0 Å². The maximum absolute atomic E-state index is 11.8. The van der Waals surface area contributed by atoms with Gasteiger partial charge in [-0.15, -0.1) is 0 Å². The molecule has 6 heteroatoms. The summed E-state index contributed by atoms with van der Waals surface area (Å²) in [4.78, 5) is 24.6. The zero-order valence-corrected chi connectivity index (χ0v) is 12.6. The van der Waals surface area contributed by atoms with Crippen molar-refractivity contribution in [1.29, 1.82) is 0 Å². The van der Waals surface area contributed by atoms with Crippen LogP contribution in [-0.2, 0) is 14.3 Å². The van der Waals surface area contributed by atoms with Gasteiger partial charge < -0.3 is 9.47 Å². The number of carbonyl (C=O) groups excluding carboxylic acids is 2. The number of hydrogen-bond acceptors (Lipinski definition) is 4. The quantitative estimate of drug-likeness (QED) is 0.530. The summed E-state index contributed by atoms with van der Waals surface area (Å²) in [6.45, 7) is 4.67. The van der Waals surface area contributed by atoms with Crippen molar-refractivity contribution in [1.82, 2.24) is 4.90 Å². The van der Waals surface area contributed by atoms with Crippen LogP contribution in [0.4, 0.5) is 4.79 Å². The van der Waals surface area contributed by atoms with Gasteiger partial charge in [0.2, 0.25) is 0 Å². The van der Waals surface area contributed by atoms with E-state index in [0.29, 0.717) is 24.9 Å². The molecule has 1 atom stereocenters. The fourth-order valence-electron chi connectivity index (χ4n) is 1.87. The zero-order valence-electron chi connectivity index (χ0n) is 11.0. The Morgan fingerprint density at radius 2 is 2.21 bits per heavy atom. The van der Waals surface area contributed by atoms with Crippen molar-refractivity contribution in [3.8, 4) is 0 Å². The molecule has 0 aromatic heterocycles. The highest BCUT2D eigenvalue weighted by atomic mass is 79.9. The Labute approximate surface area is 122 Å². The molecule has 0 spiro atoms. The summed E-state index contributed by atoms with van der Waals surface area (Å²) in [5.41, 5.74) is 0. The van der Waals surface area contributed by atoms with Gasteiger partial charge in [0, 0.05) is 13.0 Å². The lowest BCUT2D eigenvalue weighted by Crippen LogP contribution is -2.45. The minimum absolute atomic E-state index is 0.0941. The van der Waals surface area contributed by atoms with Gasteiger partial charge >= 0.3 is 6.09 Å². The van der Waals surface area contributed by atoms with E-state index in [-0.39, 0.29) is 24.7 Å². The Bertz CT molecular complexity index is 322. The van der Waals surface area contributed by atoms with Gasteiger partial charge in [0.05, 0.1) is 11.9 Å². The average Bonchev–Trinajstić information content (AvgIpc) is 2.45. The fourth-order valence-corrected chi connectivity index (χ4v) is 2.15. The summed E-state index contributed by atoms with van der Waals surface area (Å²) in [6, 6.07) is 0. The third-order valence-corrected chi connectivity index (χ3v) is 3.47. The molecule has 1 saturated heterocycles. The predicted octanol–water partition coefficient (Wildman–Crippen LogP) is 2.49. The number of nitrogens with zero attached hydrogens (tertiary/aromatic N) is 1. The van der Waals surface area contributed by atoms with Crippen molar-refractivity contribution in [2.75, 3.05) is 25.1 Å². The van der Waals surface area contributed by atoms with Crippen molar-refractivity contribution >= 4 is 27.8 Å². The van der Waals surface area contributed by atoms with E-state index in [1.54, 1.807) is 4.90 Å². The van der Waals surface area contributed by atoms with Gasteiger partial charge in [-0.1, -0.05) is 28.6 Å². The van der Waals surface area contributed by atoms with Crippen LogP contribution in [0.1, 0.15) is 25.7 Å². The molecule has 0 aromatic carbocycles. The first-order chi connectivity index (χ1) is 9.19. The first kappa shape index (κ1) is 16.2. The normalized spacial score (nSPS) is 19.0. The molecule has 0 aromatic rings. The molecule has 0 bridgehead atoms. The van der Waals surface area contributed by atoms with E-state index in [9.17, 15) is 9.59 Å². The molecule has 19 heavy (non-hydrogen) atoms. The van der Waals surface area contributed by atoms with Gasteiger partial charge in [-0.25, -0.2) is 4.79 Å². The van der Waals surface area contributed by atoms with Gasteiger partial charge in [0.1, 0.15) is 18.6 Å². The highest BCUT2D eigenvalue weighted by Crippen LogP contribution is 2.19. The maximum Gasteiger partial charge on any atom is 0.412 e. The zero-order chi connectivity index (χ0) is 14.1. The number of amides is 1. The summed E-state index contributed by atoms with van der Waals surface area (Å²) in [6.07, 6.45) is 3.98. The smallest absolute Gasteiger partial charge is 0.412 e. The molecule has 0 N–H and O–H groups in total. The molecule has 1 aliphatic heterocycles. The molecule has 5 nitrogen and oxygen atoms in total. The Morgan fingerprint density at radius 1 is 1.42 bits per heavy atom. The monoisotopic (exact) mass is 333 g/mol. The van der Waals surface area contributed by atoms with Crippen LogP contribution in [0.25, 0.3) is 0 Å². The second-order valence-electron chi connectivity index (χ2n) is 4.30. The van der Waals surface area contributed by atoms with Gasteiger partial charge in [-0.3, -0.25) is 9.69 Å². The van der Waals surface area contributed by atoms with Crippen molar-refractivity contribution in [3.05, 3.63) is 12.7 Å². The fraction of sp³-hybridized carbons (Fsp3) is 0.692. The molecule has 1 amide bonds. The average molecular weight is 334 g/mol. The number of halogens is 1. The minimum atomic E-state index is -0.378. The molecule has 108 valence electrons. The molecular weight excluding hydrogens is 314 g/mol. The van der Waals surface area contributed by atoms with E-state index in [4.69, 9.17) is 9.47 Å². The van der Waals surface area contributed by atoms with Crippen molar-refractivity contribution in [2.24, 2.45) is 0 Å².